The highest BCUT2D eigenvalue weighted by molar-refractivity contribution is 7.86. The van der Waals surface area contributed by atoms with Crippen LogP contribution in [-0.2, 0) is 27.8 Å². The fraction of sp³-hybridized carbons (Fsp3) is 0.348. The normalized spacial score (nSPS) is 13.5. The average Bonchev–Trinajstić information content (AvgIpc) is 3.07. The number of aromatic nitrogens is 2. The summed E-state index contributed by atoms with van der Waals surface area (Å²) >= 11 is 0. The Kier molecular flexibility index (Phi) is 7.65. The molecule has 2 aromatic carbocycles. The highest BCUT2D eigenvalue weighted by atomic mass is 32.2. The lowest BCUT2D eigenvalue weighted by molar-refractivity contribution is 0.225. The standard InChI is InChI=1S/C23H28FN3O4S/c1-4-5-6-22-26-20-12-9-18(13-21(20)27(22)3)30-15-17(14-24)23(25)31-32(28,29)19-10-7-16(2)8-11-19/h7-14,23H,4-6,15,25H2,1-3H3/b17-14-. The molecule has 0 aliphatic rings. The van der Waals surface area contributed by atoms with E-state index in [1.807, 2.05) is 30.7 Å². The summed E-state index contributed by atoms with van der Waals surface area (Å²) in [6, 6.07) is 11.5. The van der Waals surface area contributed by atoms with Gasteiger partial charge in [-0.1, -0.05) is 31.0 Å². The number of halogens is 1. The SMILES string of the molecule is CCCCc1nc2ccc(OC/C(=C/F)C(N)OS(=O)(=O)c3ccc(C)cc3)cc2n1C. The fourth-order valence-electron chi connectivity index (χ4n) is 3.17. The summed E-state index contributed by atoms with van der Waals surface area (Å²) in [5.41, 5.74) is 8.29. The third-order valence-electron chi connectivity index (χ3n) is 5.15. The molecular weight excluding hydrogens is 433 g/mol. The van der Waals surface area contributed by atoms with Crippen LogP contribution in [0.3, 0.4) is 0 Å². The van der Waals surface area contributed by atoms with E-state index in [1.165, 1.54) is 12.1 Å². The van der Waals surface area contributed by atoms with Gasteiger partial charge in [0.05, 0.1) is 22.3 Å². The summed E-state index contributed by atoms with van der Waals surface area (Å²) in [4.78, 5) is 4.58. The van der Waals surface area contributed by atoms with Gasteiger partial charge in [0.2, 0.25) is 0 Å². The molecule has 0 aliphatic carbocycles. The largest absolute Gasteiger partial charge is 0.489 e. The van der Waals surface area contributed by atoms with Gasteiger partial charge >= 0.3 is 0 Å². The molecule has 0 bridgehead atoms. The van der Waals surface area contributed by atoms with Gasteiger partial charge in [-0.2, -0.15) is 8.42 Å². The number of hydrogen-bond donors (Lipinski definition) is 1. The van der Waals surface area contributed by atoms with Crippen molar-refractivity contribution in [3.63, 3.8) is 0 Å². The van der Waals surface area contributed by atoms with Crippen LogP contribution in [0.5, 0.6) is 5.75 Å². The molecule has 1 heterocycles. The molecule has 3 rings (SSSR count). The van der Waals surface area contributed by atoms with Crippen LogP contribution >= 0.6 is 0 Å². The van der Waals surface area contributed by atoms with E-state index in [9.17, 15) is 12.8 Å². The third-order valence-corrected chi connectivity index (χ3v) is 6.46. The van der Waals surface area contributed by atoms with Gasteiger partial charge in [-0.25, -0.2) is 13.6 Å². The molecule has 1 atom stereocenters. The first kappa shape index (κ1) is 23.9. The highest BCUT2D eigenvalue weighted by Gasteiger charge is 2.23. The summed E-state index contributed by atoms with van der Waals surface area (Å²) in [7, 11) is -2.21. The maximum atomic E-state index is 13.5. The van der Waals surface area contributed by atoms with Crippen LogP contribution in [-0.4, -0.2) is 30.8 Å². The van der Waals surface area contributed by atoms with Crippen molar-refractivity contribution in [2.45, 2.75) is 44.2 Å². The molecule has 1 aromatic heterocycles. The molecule has 172 valence electrons. The van der Waals surface area contributed by atoms with E-state index in [0.717, 1.165) is 41.7 Å². The molecule has 0 amide bonds. The van der Waals surface area contributed by atoms with Gasteiger partial charge in [0.25, 0.3) is 10.1 Å². The number of aryl methyl sites for hydroxylation is 3. The van der Waals surface area contributed by atoms with Crippen LogP contribution in [0.1, 0.15) is 31.2 Å². The third kappa shape index (κ3) is 5.53. The van der Waals surface area contributed by atoms with E-state index in [2.05, 4.69) is 11.9 Å². The zero-order chi connectivity index (χ0) is 23.3. The number of ether oxygens (including phenoxy) is 1. The van der Waals surface area contributed by atoms with Gasteiger partial charge in [-0.15, -0.1) is 0 Å². The number of unbranched alkanes of at least 4 members (excludes halogenated alkanes) is 1. The van der Waals surface area contributed by atoms with Crippen LogP contribution in [0.15, 0.2) is 59.3 Å². The number of nitrogens with zero attached hydrogens (tertiary/aromatic N) is 2. The lowest BCUT2D eigenvalue weighted by atomic mass is 10.2. The molecule has 2 N–H and O–H groups in total. The van der Waals surface area contributed by atoms with Gasteiger partial charge in [-0.05, 0) is 37.6 Å². The molecule has 0 saturated carbocycles. The monoisotopic (exact) mass is 461 g/mol. The summed E-state index contributed by atoms with van der Waals surface area (Å²) in [5.74, 6) is 1.47. The second-order valence-electron chi connectivity index (χ2n) is 7.60. The lowest BCUT2D eigenvalue weighted by Gasteiger charge is -2.16. The topological polar surface area (TPSA) is 96.4 Å². The maximum absolute atomic E-state index is 13.5. The van der Waals surface area contributed by atoms with Crippen LogP contribution in [0.25, 0.3) is 11.0 Å². The van der Waals surface area contributed by atoms with Crippen LogP contribution in [0.4, 0.5) is 4.39 Å². The van der Waals surface area contributed by atoms with Crippen molar-refractivity contribution in [2.24, 2.45) is 12.8 Å². The Bertz CT molecular complexity index is 1200. The number of hydrogen-bond acceptors (Lipinski definition) is 6. The molecule has 0 spiro atoms. The van der Waals surface area contributed by atoms with Gasteiger partial charge in [0.1, 0.15) is 18.2 Å². The molecule has 32 heavy (non-hydrogen) atoms. The van der Waals surface area contributed by atoms with Crippen molar-refractivity contribution in [1.82, 2.24) is 9.55 Å². The Morgan fingerprint density at radius 1 is 1.25 bits per heavy atom. The Labute approximate surface area is 187 Å². The first-order chi connectivity index (χ1) is 15.2. The van der Waals surface area contributed by atoms with Crippen molar-refractivity contribution in [3.05, 3.63) is 65.8 Å². The second kappa shape index (κ2) is 10.2. The van der Waals surface area contributed by atoms with Crippen LogP contribution in [0, 0.1) is 6.92 Å². The molecule has 3 aromatic rings. The van der Waals surface area contributed by atoms with Crippen molar-refractivity contribution in [3.8, 4) is 5.75 Å². The molecule has 0 aliphatic heterocycles. The molecule has 7 nitrogen and oxygen atoms in total. The van der Waals surface area contributed by atoms with E-state index < -0.39 is 16.3 Å². The van der Waals surface area contributed by atoms with Gasteiger partial charge in [0.15, 0.2) is 6.23 Å². The first-order valence-electron chi connectivity index (χ1n) is 10.4. The van der Waals surface area contributed by atoms with Crippen molar-refractivity contribution >= 4 is 21.2 Å². The first-order valence-corrected chi connectivity index (χ1v) is 11.8. The van der Waals surface area contributed by atoms with E-state index >= 15 is 0 Å². The minimum absolute atomic E-state index is 0.0572. The Morgan fingerprint density at radius 2 is 1.97 bits per heavy atom. The zero-order valence-corrected chi connectivity index (χ0v) is 19.2. The number of imidazole rings is 1. The van der Waals surface area contributed by atoms with Crippen molar-refractivity contribution < 1.29 is 21.7 Å². The van der Waals surface area contributed by atoms with Crippen LogP contribution < -0.4 is 10.5 Å². The summed E-state index contributed by atoms with van der Waals surface area (Å²) in [6.45, 7) is 3.69. The van der Waals surface area contributed by atoms with Gasteiger partial charge < -0.3 is 15.0 Å². The zero-order valence-electron chi connectivity index (χ0n) is 18.4. The highest BCUT2D eigenvalue weighted by Crippen LogP contribution is 2.23. The minimum Gasteiger partial charge on any atom is -0.489 e. The number of fused-ring (bicyclic) bond motifs is 1. The second-order valence-corrected chi connectivity index (χ2v) is 9.17. The summed E-state index contributed by atoms with van der Waals surface area (Å²) in [5, 5.41) is 0. The molecule has 1 unspecified atom stereocenters. The van der Waals surface area contributed by atoms with Crippen molar-refractivity contribution in [1.29, 1.82) is 0 Å². The maximum Gasteiger partial charge on any atom is 0.298 e. The number of rotatable bonds is 10. The Hall–Kier alpha value is -2.75. The smallest absolute Gasteiger partial charge is 0.298 e. The Balaban J connectivity index is 1.68. The van der Waals surface area contributed by atoms with E-state index in [4.69, 9.17) is 14.7 Å². The minimum atomic E-state index is -4.15. The Morgan fingerprint density at radius 3 is 2.62 bits per heavy atom. The lowest BCUT2D eigenvalue weighted by Crippen LogP contribution is -2.31. The molecular formula is C23H28FN3O4S. The predicted molar refractivity (Wildman–Crippen MR) is 121 cm³/mol. The number of benzene rings is 2. The molecule has 0 radical (unpaired) electrons. The van der Waals surface area contributed by atoms with E-state index in [1.54, 1.807) is 18.2 Å². The summed E-state index contributed by atoms with van der Waals surface area (Å²) in [6.07, 6.45) is 1.70. The van der Waals surface area contributed by atoms with Crippen LogP contribution in [0.2, 0.25) is 0 Å². The predicted octanol–water partition coefficient (Wildman–Crippen LogP) is 4.15. The van der Waals surface area contributed by atoms with E-state index in [0.29, 0.717) is 5.75 Å². The quantitative estimate of drug-likeness (QED) is 0.360. The summed E-state index contributed by atoms with van der Waals surface area (Å²) < 4.78 is 50.9. The number of nitrogens with two attached hydrogens (primary N) is 1. The fourth-order valence-corrected chi connectivity index (χ4v) is 4.15. The molecule has 0 saturated heterocycles. The molecule has 9 heteroatoms. The van der Waals surface area contributed by atoms with Gasteiger partial charge in [-0.3, -0.25) is 0 Å². The van der Waals surface area contributed by atoms with Gasteiger partial charge in [0, 0.05) is 25.1 Å². The van der Waals surface area contributed by atoms with Crippen molar-refractivity contribution in [2.75, 3.05) is 6.61 Å². The molecule has 0 fully saturated rings. The van der Waals surface area contributed by atoms with E-state index in [-0.39, 0.29) is 23.4 Å². The average molecular weight is 462 g/mol.